The first kappa shape index (κ1) is 17.6. The zero-order chi connectivity index (χ0) is 18.2. The summed E-state index contributed by atoms with van der Waals surface area (Å²) < 4.78 is 18.8. The fourth-order valence-electron chi connectivity index (χ4n) is 2.44. The molecule has 0 aliphatic carbocycles. The lowest BCUT2D eigenvalue weighted by Crippen LogP contribution is -2.24. The fourth-order valence-corrected chi connectivity index (χ4v) is 2.44. The maximum atomic E-state index is 13.1. The van der Waals surface area contributed by atoms with Gasteiger partial charge in [-0.2, -0.15) is 0 Å². The predicted octanol–water partition coefficient (Wildman–Crippen LogP) is 3.66. The molecule has 2 aromatic carbocycles. The van der Waals surface area contributed by atoms with Crippen molar-refractivity contribution in [3.05, 3.63) is 95.6 Å². The molecule has 3 aromatic rings. The van der Waals surface area contributed by atoms with Crippen molar-refractivity contribution >= 4 is 5.91 Å². The van der Waals surface area contributed by atoms with Crippen molar-refractivity contribution in [3.63, 3.8) is 0 Å². The lowest BCUT2D eigenvalue weighted by atomic mass is 10.1. The third-order valence-electron chi connectivity index (χ3n) is 3.78. The number of nitrogens with one attached hydrogen (secondary N) is 1. The zero-order valence-electron chi connectivity index (χ0n) is 14.2. The molecule has 0 aliphatic heterocycles. The molecule has 1 N–H and O–H groups in total. The molecular weight excluding hydrogens is 331 g/mol. The summed E-state index contributed by atoms with van der Waals surface area (Å²) in [5.74, 6) is 0.258. The van der Waals surface area contributed by atoms with Crippen LogP contribution in [0.25, 0.3) is 0 Å². The van der Waals surface area contributed by atoms with Gasteiger partial charge < -0.3 is 10.1 Å². The summed E-state index contributed by atoms with van der Waals surface area (Å²) in [5.41, 5.74) is 2.48. The Labute approximate surface area is 151 Å². The Balaban J connectivity index is 1.46. The topological polar surface area (TPSA) is 51.2 Å². The first-order valence-corrected chi connectivity index (χ1v) is 8.32. The van der Waals surface area contributed by atoms with Crippen LogP contribution in [-0.4, -0.2) is 10.9 Å². The van der Waals surface area contributed by atoms with E-state index in [1.807, 2.05) is 42.5 Å². The maximum Gasteiger partial charge on any atom is 0.224 e. The van der Waals surface area contributed by atoms with Crippen molar-refractivity contribution in [1.29, 1.82) is 0 Å². The average Bonchev–Trinajstić information content (AvgIpc) is 2.66. The molecule has 5 heteroatoms. The first-order valence-electron chi connectivity index (χ1n) is 8.32. The van der Waals surface area contributed by atoms with Gasteiger partial charge in [-0.1, -0.05) is 30.3 Å². The van der Waals surface area contributed by atoms with Gasteiger partial charge in [-0.3, -0.25) is 9.78 Å². The molecule has 0 unspecified atom stereocenters. The molecule has 132 valence electrons. The van der Waals surface area contributed by atoms with E-state index in [1.165, 1.54) is 12.1 Å². The van der Waals surface area contributed by atoms with Crippen molar-refractivity contribution < 1.29 is 13.9 Å². The Bertz CT molecular complexity index is 851. The molecule has 0 fully saturated rings. The highest BCUT2D eigenvalue weighted by Gasteiger charge is 2.05. The molecule has 0 saturated heterocycles. The lowest BCUT2D eigenvalue weighted by molar-refractivity contribution is -0.120. The van der Waals surface area contributed by atoms with E-state index in [0.29, 0.717) is 18.7 Å². The molecule has 1 aromatic heterocycles. The summed E-state index contributed by atoms with van der Waals surface area (Å²) in [6, 6.07) is 19.3. The summed E-state index contributed by atoms with van der Waals surface area (Å²) in [6.45, 7) is 0.819. The van der Waals surface area contributed by atoms with E-state index in [4.69, 9.17) is 4.74 Å². The number of ether oxygens (including phenoxy) is 1. The van der Waals surface area contributed by atoms with E-state index in [0.717, 1.165) is 17.0 Å². The molecule has 0 aliphatic rings. The molecule has 3 rings (SSSR count). The second-order valence-electron chi connectivity index (χ2n) is 5.84. The Morgan fingerprint density at radius 2 is 1.85 bits per heavy atom. The van der Waals surface area contributed by atoms with Gasteiger partial charge in [0.05, 0.1) is 12.1 Å². The monoisotopic (exact) mass is 350 g/mol. The van der Waals surface area contributed by atoms with Gasteiger partial charge in [0.15, 0.2) is 0 Å². The van der Waals surface area contributed by atoms with Crippen LogP contribution in [0.15, 0.2) is 72.9 Å². The number of benzene rings is 2. The highest BCUT2D eigenvalue weighted by atomic mass is 19.1. The normalized spacial score (nSPS) is 10.3. The molecule has 0 atom stereocenters. The maximum absolute atomic E-state index is 13.1. The number of hydrogen-bond donors (Lipinski definition) is 1. The third-order valence-corrected chi connectivity index (χ3v) is 3.78. The summed E-state index contributed by atoms with van der Waals surface area (Å²) in [6.07, 6.45) is 1.89. The third kappa shape index (κ3) is 5.41. The van der Waals surface area contributed by atoms with Crippen LogP contribution in [-0.2, 0) is 24.4 Å². The molecule has 0 radical (unpaired) electrons. The zero-order valence-corrected chi connectivity index (χ0v) is 14.2. The quantitative estimate of drug-likeness (QED) is 0.707. The van der Waals surface area contributed by atoms with Crippen LogP contribution >= 0.6 is 0 Å². The Kier molecular flexibility index (Phi) is 5.93. The first-order chi connectivity index (χ1) is 12.7. The molecular formula is C21H19FN2O2. The van der Waals surface area contributed by atoms with Crippen LogP contribution in [0.3, 0.4) is 0 Å². The molecule has 0 saturated carbocycles. The van der Waals surface area contributed by atoms with Gasteiger partial charge in [0.1, 0.15) is 18.2 Å². The van der Waals surface area contributed by atoms with Crippen LogP contribution in [0.4, 0.5) is 4.39 Å². The van der Waals surface area contributed by atoms with Crippen molar-refractivity contribution in [3.8, 4) is 5.75 Å². The highest BCUT2D eigenvalue weighted by molar-refractivity contribution is 5.78. The number of aromatic nitrogens is 1. The van der Waals surface area contributed by atoms with Crippen molar-refractivity contribution in [2.24, 2.45) is 0 Å². The summed E-state index contributed by atoms with van der Waals surface area (Å²) in [5, 5.41) is 2.83. The number of rotatable bonds is 7. The van der Waals surface area contributed by atoms with Crippen LogP contribution in [0.2, 0.25) is 0 Å². The second kappa shape index (κ2) is 8.76. The van der Waals surface area contributed by atoms with Gasteiger partial charge in [-0.15, -0.1) is 0 Å². The standard InChI is InChI=1S/C21H19FN2O2/c22-18-5-3-4-17(12-18)13-21(25)24-14-16-7-9-20(10-8-16)26-15-19-6-1-2-11-23-19/h1-12H,13-15H2,(H,24,25). The summed E-state index contributed by atoms with van der Waals surface area (Å²) >= 11 is 0. The van der Waals surface area contributed by atoms with Gasteiger partial charge in [0.2, 0.25) is 5.91 Å². The number of pyridine rings is 1. The minimum absolute atomic E-state index is 0.147. The van der Waals surface area contributed by atoms with Crippen molar-refractivity contribution in [2.45, 2.75) is 19.6 Å². The smallest absolute Gasteiger partial charge is 0.224 e. The van der Waals surface area contributed by atoms with E-state index in [9.17, 15) is 9.18 Å². The minimum atomic E-state index is -0.336. The summed E-state index contributed by atoms with van der Waals surface area (Å²) in [7, 11) is 0. The minimum Gasteiger partial charge on any atom is -0.487 e. The number of halogens is 1. The van der Waals surface area contributed by atoms with Gasteiger partial charge >= 0.3 is 0 Å². The number of nitrogens with zero attached hydrogens (tertiary/aromatic N) is 1. The van der Waals surface area contributed by atoms with Gasteiger partial charge in [-0.25, -0.2) is 4.39 Å². The second-order valence-corrected chi connectivity index (χ2v) is 5.84. The van der Waals surface area contributed by atoms with Crippen LogP contribution in [0, 0.1) is 5.82 Å². The SMILES string of the molecule is O=C(Cc1cccc(F)c1)NCc1ccc(OCc2ccccn2)cc1. The van der Waals surface area contributed by atoms with Crippen molar-refractivity contribution in [2.75, 3.05) is 0 Å². The van der Waals surface area contributed by atoms with E-state index in [-0.39, 0.29) is 18.1 Å². The van der Waals surface area contributed by atoms with E-state index < -0.39 is 0 Å². The van der Waals surface area contributed by atoms with E-state index >= 15 is 0 Å². The van der Waals surface area contributed by atoms with Crippen LogP contribution in [0.5, 0.6) is 5.75 Å². The predicted molar refractivity (Wildman–Crippen MR) is 97.0 cm³/mol. The Hall–Kier alpha value is -3.21. The fraction of sp³-hybridized carbons (Fsp3) is 0.143. The molecule has 1 heterocycles. The Morgan fingerprint density at radius 3 is 2.58 bits per heavy atom. The molecule has 0 spiro atoms. The Morgan fingerprint density at radius 1 is 1.00 bits per heavy atom. The van der Waals surface area contributed by atoms with Crippen LogP contribution in [0.1, 0.15) is 16.8 Å². The molecule has 1 amide bonds. The van der Waals surface area contributed by atoms with E-state index in [2.05, 4.69) is 10.3 Å². The largest absolute Gasteiger partial charge is 0.487 e. The number of amides is 1. The molecule has 26 heavy (non-hydrogen) atoms. The number of carbonyl (C=O) groups is 1. The van der Waals surface area contributed by atoms with Gasteiger partial charge in [0.25, 0.3) is 0 Å². The number of hydrogen-bond acceptors (Lipinski definition) is 3. The highest BCUT2D eigenvalue weighted by Crippen LogP contribution is 2.14. The van der Waals surface area contributed by atoms with Gasteiger partial charge in [-0.05, 0) is 47.5 Å². The average molecular weight is 350 g/mol. The number of carbonyl (C=O) groups excluding carboxylic acids is 1. The van der Waals surface area contributed by atoms with E-state index in [1.54, 1.807) is 18.3 Å². The lowest BCUT2D eigenvalue weighted by Gasteiger charge is -2.08. The van der Waals surface area contributed by atoms with Gasteiger partial charge in [0, 0.05) is 12.7 Å². The van der Waals surface area contributed by atoms with Crippen molar-refractivity contribution in [1.82, 2.24) is 10.3 Å². The van der Waals surface area contributed by atoms with Crippen LogP contribution < -0.4 is 10.1 Å². The molecule has 0 bridgehead atoms. The summed E-state index contributed by atoms with van der Waals surface area (Å²) in [4.78, 5) is 16.2. The molecule has 4 nitrogen and oxygen atoms in total.